The van der Waals surface area contributed by atoms with Crippen molar-refractivity contribution in [2.24, 2.45) is 0 Å². The summed E-state index contributed by atoms with van der Waals surface area (Å²) in [6.45, 7) is 0. The van der Waals surface area contributed by atoms with Gasteiger partial charge in [-0.15, -0.1) is 0 Å². The molecule has 20 heavy (non-hydrogen) atoms. The maximum absolute atomic E-state index is 12.1. The maximum atomic E-state index is 12.1. The predicted octanol–water partition coefficient (Wildman–Crippen LogP) is 2.42. The first kappa shape index (κ1) is 12.1. The number of ketones is 1. The van der Waals surface area contributed by atoms with Gasteiger partial charge < -0.3 is 20.1 Å². The zero-order valence-corrected chi connectivity index (χ0v) is 10.2. The van der Waals surface area contributed by atoms with E-state index in [1.54, 1.807) is 12.1 Å². The van der Waals surface area contributed by atoms with E-state index >= 15 is 0 Å². The van der Waals surface area contributed by atoms with E-state index in [1.807, 2.05) is 0 Å². The Morgan fingerprint density at radius 3 is 2.35 bits per heavy atom. The highest BCUT2D eigenvalue weighted by Crippen LogP contribution is 2.44. The fourth-order valence-corrected chi connectivity index (χ4v) is 1.95. The van der Waals surface area contributed by atoms with Crippen molar-refractivity contribution in [1.29, 1.82) is 0 Å². The van der Waals surface area contributed by atoms with Crippen molar-refractivity contribution in [3.8, 4) is 23.0 Å². The lowest BCUT2D eigenvalue weighted by Crippen LogP contribution is -1.97. The molecule has 0 fully saturated rings. The number of carbonyl (C=O) groups is 1. The summed E-state index contributed by atoms with van der Waals surface area (Å²) >= 11 is 0. The number of hydrogen-bond donors (Lipinski definition) is 3. The predicted molar refractivity (Wildman–Crippen MR) is 70.8 cm³/mol. The van der Waals surface area contributed by atoms with Crippen molar-refractivity contribution in [1.82, 2.24) is 0 Å². The quantitative estimate of drug-likeness (QED) is 0.547. The molecule has 1 heterocycles. The standard InChI is InChI=1S/C15H10O5/c16-9-3-1-8(2-4-9)7-12-13(18)10-5-6-11(17)14(19)15(10)20-12/h1-7,16-17,19H/b12-7+. The number of Topliss-reactive ketones (excluding diaryl/α,β-unsaturated/α-hetero) is 1. The molecule has 2 aromatic rings. The molecule has 1 aliphatic heterocycles. The number of ether oxygens (including phenoxy) is 1. The normalized spacial score (nSPS) is 15.2. The van der Waals surface area contributed by atoms with Gasteiger partial charge in [0, 0.05) is 0 Å². The summed E-state index contributed by atoms with van der Waals surface area (Å²) in [6.07, 6.45) is 1.50. The minimum absolute atomic E-state index is 0.0416. The van der Waals surface area contributed by atoms with Crippen molar-refractivity contribution >= 4 is 11.9 Å². The van der Waals surface area contributed by atoms with Crippen LogP contribution < -0.4 is 4.74 Å². The van der Waals surface area contributed by atoms with Crippen LogP contribution in [-0.4, -0.2) is 21.1 Å². The van der Waals surface area contributed by atoms with Gasteiger partial charge in [0.1, 0.15) is 5.75 Å². The zero-order chi connectivity index (χ0) is 14.3. The van der Waals surface area contributed by atoms with Gasteiger partial charge in [-0.05, 0) is 35.9 Å². The molecule has 0 radical (unpaired) electrons. The van der Waals surface area contributed by atoms with Crippen molar-refractivity contribution in [3.05, 3.63) is 53.3 Å². The first-order chi connectivity index (χ1) is 9.56. The van der Waals surface area contributed by atoms with Gasteiger partial charge >= 0.3 is 0 Å². The number of aromatic hydroxyl groups is 3. The molecule has 3 N–H and O–H groups in total. The number of fused-ring (bicyclic) bond motifs is 1. The number of phenolic OH excluding ortho intramolecular Hbond substituents is 3. The van der Waals surface area contributed by atoms with Gasteiger partial charge in [0.25, 0.3) is 0 Å². The van der Waals surface area contributed by atoms with Crippen molar-refractivity contribution < 1.29 is 24.9 Å². The fraction of sp³-hybridized carbons (Fsp3) is 0. The highest BCUT2D eigenvalue weighted by Gasteiger charge is 2.31. The van der Waals surface area contributed by atoms with Crippen LogP contribution in [0, 0.1) is 0 Å². The minimum Gasteiger partial charge on any atom is -0.508 e. The molecule has 1 aliphatic rings. The van der Waals surface area contributed by atoms with E-state index in [1.165, 1.54) is 30.3 Å². The van der Waals surface area contributed by atoms with E-state index in [0.717, 1.165) is 0 Å². The van der Waals surface area contributed by atoms with Crippen LogP contribution in [-0.2, 0) is 0 Å². The summed E-state index contributed by atoms with van der Waals surface area (Å²) in [6, 6.07) is 8.85. The Morgan fingerprint density at radius 1 is 0.950 bits per heavy atom. The van der Waals surface area contributed by atoms with Gasteiger partial charge in [-0.25, -0.2) is 0 Å². The molecular formula is C15H10O5. The van der Waals surface area contributed by atoms with Gasteiger partial charge in [0.2, 0.25) is 11.5 Å². The Morgan fingerprint density at radius 2 is 1.65 bits per heavy atom. The first-order valence-corrected chi connectivity index (χ1v) is 5.84. The van der Waals surface area contributed by atoms with Crippen LogP contribution in [0.2, 0.25) is 0 Å². The molecule has 5 nitrogen and oxygen atoms in total. The van der Waals surface area contributed by atoms with E-state index < -0.39 is 5.75 Å². The van der Waals surface area contributed by atoms with E-state index in [0.29, 0.717) is 5.56 Å². The average Bonchev–Trinajstić information content (AvgIpc) is 2.75. The molecule has 0 aromatic heterocycles. The van der Waals surface area contributed by atoms with Crippen molar-refractivity contribution in [2.75, 3.05) is 0 Å². The Kier molecular flexibility index (Phi) is 2.61. The smallest absolute Gasteiger partial charge is 0.232 e. The zero-order valence-electron chi connectivity index (χ0n) is 10.2. The van der Waals surface area contributed by atoms with Crippen LogP contribution in [0.4, 0.5) is 0 Å². The van der Waals surface area contributed by atoms with Gasteiger partial charge in [-0.3, -0.25) is 4.79 Å². The number of benzene rings is 2. The third kappa shape index (κ3) is 1.85. The topological polar surface area (TPSA) is 87.0 Å². The van der Waals surface area contributed by atoms with Gasteiger partial charge in [-0.2, -0.15) is 0 Å². The molecule has 0 saturated carbocycles. The van der Waals surface area contributed by atoms with Crippen LogP contribution in [0.25, 0.3) is 6.08 Å². The highest BCUT2D eigenvalue weighted by molar-refractivity contribution is 6.15. The molecule has 0 amide bonds. The Hall–Kier alpha value is -2.95. The molecule has 5 heteroatoms. The Labute approximate surface area is 114 Å². The second-order valence-corrected chi connectivity index (χ2v) is 4.34. The van der Waals surface area contributed by atoms with Crippen LogP contribution in [0.5, 0.6) is 23.0 Å². The van der Waals surface area contributed by atoms with Gasteiger partial charge in [0.05, 0.1) is 5.56 Å². The Bertz CT molecular complexity index is 729. The monoisotopic (exact) mass is 270 g/mol. The molecule has 100 valence electrons. The van der Waals surface area contributed by atoms with Crippen LogP contribution in [0.1, 0.15) is 15.9 Å². The fourth-order valence-electron chi connectivity index (χ4n) is 1.95. The minimum atomic E-state index is -0.454. The maximum Gasteiger partial charge on any atom is 0.232 e. The largest absolute Gasteiger partial charge is 0.508 e. The number of rotatable bonds is 1. The molecular weight excluding hydrogens is 260 g/mol. The summed E-state index contributed by atoms with van der Waals surface area (Å²) in [5.41, 5.74) is 0.869. The molecule has 3 rings (SSSR count). The lowest BCUT2D eigenvalue weighted by molar-refractivity contribution is 0.101. The Balaban J connectivity index is 2.01. The lowest BCUT2D eigenvalue weighted by atomic mass is 10.1. The molecule has 0 spiro atoms. The second kappa shape index (κ2) is 4.31. The number of phenols is 3. The summed E-state index contributed by atoms with van der Waals surface area (Å²) in [5, 5.41) is 28.3. The number of carbonyl (C=O) groups excluding carboxylic acids is 1. The molecule has 0 aliphatic carbocycles. The van der Waals surface area contributed by atoms with E-state index in [4.69, 9.17) is 4.74 Å². The van der Waals surface area contributed by atoms with E-state index in [9.17, 15) is 20.1 Å². The second-order valence-electron chi connectivity index (χ2n) is 4.34. The van der Waals surface area contributed by atoms with Crippen molar-refractivity contribution in [2.45, 2.75) is 0 Å². The molecule has 0 saturated heterocycles. The highest BCUT2D eigenvalue weighted by atomic mass is 16.5. The van der Waals surface area contributed by atoms with E-state index in [2.05, 4.69) is 0 Å². The number of allylic oxidation sites excluding steroid dienone is 1. The average molecular weight is 270 g/mol. The third-order valence-corrected chi connectivity index (χ3v) is 2.98. The summed E-state index contributed by atoms with van der Waals surface area (Å²) < 4.78 is 5.30. The lowest BCUT2D eigenvalue weighted by Gasteiger charge is -2.02. The molecule has 0 atom stereocenters. The molecule has 2 aromatic carbocycles. The van der Waals surface area contributed by atoms with Crippen LogP contribution >= 0.6 is 0 Å². The first-order valence-electron chi connectivity index (χ1n) is 5.84. The molecule has 0 unspecified atom stereocenters. The summed E-state index contributed by atoms with van der Waals surface area (Å²) in [5.74, 6) is -1.04. The van der Waals surface area contributed by atoms with Crippen LogP contribution in [0.15, 0.2) is 42.2 Å². The van der Waals surface area contributed by atoms with E-state index in [-0.39, 0.29) is 34.4 Å². The summed E-state index contributed by atoms with van der Waals surface area (Å²) in [7, 11) is 0. The summed E-state index contributed by atoms with van der Waals surface area (Å²) in [4.78, 5) is 12.1. The van der Waals surface area contributed by atoms with Crippen molar-refractivity contribution in [3.63, 3.8) is 0 Å². The van der Waals surface area contributed by atoms with Crippen LogP contribution in [0.3, 0.4) is 0 Å². The van der Waals surface area contributed by atoms with Gasteiger partial charge in [-0.1, -0.05) is 12.1 Å². The molecule has 0 bridgehead atoms. The number of hydrogen-bond acceptors (Lipinski definition) is 5. The SMILES string of the molecule is O=C1/C(=C\c2ccc(O)cc2)Oc2c1ccc(O)c2O. The van der Waals surface area contributed by atoms with Gasteiger partial charge in [0.15, 0.2) is 17.3 Å². The third-order valence-electron chi connectivity index (χ3n) is 2.98.